The van der Waals surface area contributed by atoms with E-state index in [4.69, 9.17) is 4.74 Å². The molecule has 1 atom stereocenters. The Bertz CT molecular complexity index is 604. The number of methoxy groups -OCH3 is 1. The minimum absolute atomic E-state index is 0.206. The number of esters is 2. The van der Waals surface area contributed by atoms with Crippen LogP contribution in [0.3, 0.4) is 0 Å². The van der Waals surface area contributed by atoms with Crippen LogP contribution in [0, 0.1) is 0 Å². The second-order valence-corrected chi connectivity index (χ2v) is 4.92. The number of hydrogen-bond acceptors (Lipinski definition) is 5. The molecule has 0 spiro atoms. The van der Waals surface area contributed by atoms with Crippen molar-refractivity contribution >= 4 is 23.3 Å². The van der Waals surface area contributed by atoms with Crippen LogP contribution in [0.5, 0.6) is 0 Å². The van der Waals surface area contributed by atoms with Gasteiger partial charge < -0.3 is 9.47 Å². The minimum Gasteiger partial charge on any atom is -0.465 e. The standard InChI is InChI=1S/C15H14O4S/c1-10(11-7-8-20-9-11)19-15(17)13-6-4-3-5-12(13)14(16)18-2/h3-10H,1-2H3. The maximum absolute atomic E-state index is 12.2. The lowest BCUT2D eigenvalue weighted by Crippen LogP contribution is -2.14. The minimum atomic E-state index is -0.555. The van der Waals surface area contributed by atoms with Crippen LogP contribution in [0.4, 0.5) is 0 Å². The van der Waals surface area contributed by atoms with E-state index in [2.05, 4.69) is 4.74 Å². The maximum atomic E-state index is 12.2. The smallest absolute Gasteiger partial charge is 0.339 e. The fourth-order valence-corrected chi connectivity index (χ4v) is 2.49. The molecule has 2 aromatic rings. The van der Waals surface area contributed by atoms with E-state index in [-0.39, 0.29) is 17.2 Å². The quantitative estimate of drug-likeness (QED) is 0.809. The van der Waals surface area contributed by atoms with E-state index < -0.39 is 11.9 Å². The summed E-state index contributed by atoms with van der Waals surface area (Å²) in [6, 6.07) is 8.34. The molecule has 0 fully saturated rings. The van der Waals surface area contributed by atoms with Gasteiger partial charge >= 0.3 is 11.9 Å². The molecule has 20 heavy (non-hydrogen) atoms. The third-order valence-electron chi connectivity index (χ3n) is 2.85. The first kappa shape index (κ1) is 14.3. The largest absolute Gasteiger partial charge is 0.465 e. The van der Waals surface area contributed by atoms with E-state index in [9.17, 15) is 9.59 Å². The van der Waals surface area contributed by atoms with Crippen molar-refractivity contribution in [2.24, 2.45) is 0 Å². The molecular weight excluding hydrogens is 276 g/mol. The Morgan fingerprint density at radius 3 is 2.30 bits per heavy atom. The molecule has 4 nitrogen and oxygen atoms in total. The Kier molecular flexibility index (Phi) is 4.53. The zero-order valence-electron chi connectivity index (χ0n) is 11.2. The Morgan fingerprint density at radius 1 is 1.10 bits per heavy atom. The molecule has 1 aromatic heterocycles. The SMILES string of the molecule is COC(=O)c1ccccc1C(=O)OC(C)c1ccsc1. The average molecular weight is 290 g/mol. The summed E-state index contributed by atoms with van der Waals surface area (Å²) in [6.07, 6.45) is -0.362. The van der Waals surface area contributed by atoms with Gasteiger partial charge in [-0.15, -0.1) is 0 Å². The van der Waals surface area contributed by atoms with Crippen molar-refractivity contribution in [1.82, 2.24) is 0 Å². The van der Waals surface area contributed by atoms with Gasteiger partial charge in [-0.1, -0.05) is 12.1 Å². The van der Waals surface area contributed by atoms with Gasteiger partial charge in [-0.25, -0.2) is 9.59 Å². The lowest BCUT2D eigenvalue weighted by Gasteiger charge is -2.13. The molecule has 0 aliphatic heterocycles. The summed E-state index contributed by atoms with van der Waals surface area (Å²) in [5, 5.41) is 3.84. The highest BCUT2D eigenvalue weighted by Crippen LogP contribution is 2.22. The molecule has 0 bridgehead atoms. The molecule has 2 rings (SSSR count). The summed E-state index contributed by atoms with van der Waals surface area (Å²) in [7, 11) is 1.28. The second-order valence-electron chi connectivity index (χ2n) is 4.14. The van der Waals surface area contributed by atoms with Crippen molar-refractivity contribution in [2.45, 2.75) is 13.0 Å². The topological polar surface area (TPSA) is 52.6 Å². The lowest BCUT2D eigenvalue weighted by molar-refractivity contribution is 0.0330. The van der Waals surface area contributed by atoms with Gasteiger partial charge in [-0.2, -0.15) is 11.3 Å². The van der Waals surface area contributed by atoms with Gasteiger partial charge in [0.15, 0.2) is 0 Å². The monoisotopic (exact) mass is 290 g/mol. The van der Waals surface area contributed by atoms with Crippen molar-refractivity contribution in [3.05, 3.63) is 57.8 Å². The normalized spacial score (nSPS) is 11.7. The van der Waals surface area contributed by atoms with Gasteiger partial charge in [0.05, 0.1) is 18.2 Å². The molecule has 1 aromatic carbocycles. The zero-order valence-corrected chi connectivity index (χ0v) is 12.0. The van der Waals surface area contributed by atoms with E-state index in [0.717, 1.165) is 5.56 Å². The van der Waals surface area contributed by atoms with Crippen LogP contribution in [0.25, 0.3) is 0 Å². The molecular formula is C15H14O4S. The molecule has 5 heteroatoms. The molecule has 104 valence electrons. The molecule has 0 aliphatic carbocycles. The molecule has 1 heterocycles. The Morgan fingerprint density at radius 2 is 1.75 bits per heavy atom. The van der Waals surface area contributed by atoms with E-state index in [0.29, 0.717) is 0 Å². The molecule has 0 amide bonds. The van der Waals surface area contributed by atoms with Crippen LogP contribution in [-0.4, -0.2) is 19.0 Å². The van der Waals surface area contributed by atoms with Gasteiger partial charge in [0.25, 0.3) is 0 Å². The molecule has 0 N–H and O–H groups in total. The number of carbonyl (C=O) groups is 2. The van der Waals surface area contributed by atoms with Gasteiger partial charge in [0.2, 0.25) is 0 Å². The maximum Gasteiger partial charge on any atom is 0.339 e. The van der Waals surface area contributed by atoms with Crippen LogP contribution >= 0.6 is 11.3 Å². The highest BCUT2D eigenvalue weighted by Gasteiger charge is 2.20. The summed E-state index contributed by atoms with van der Waals surface area (Å²) < 4.78 is 10.0. The van der Waals surface area contributed by atoms with E-state index in [1.54, 1.807) is 25.1 Å². The Labute approximate surface area is 121 Å². The average Bonchev–Trinajstić information content (AvgIpc) is 3.00. The summed E-state index contributed by atoms with van der Waals surface area (Å²) in [4.78, 5) is 23.8. The summed E-state index contributed by atoms with van der Waals surface area (Å²) in [5.41, 5.74) is 1.35. The van der Waals surface area contributed by atoms with Crippen molar-refractivity contribution in [1.29, 1.82) is 0 Å². The second kappa shape index (κ2) is 6.34. The van der Waals surface area contributed by atoms with Crippen LogP contribution < -0.4 is 0 Å². The van der Waals surface area contributed by atoms with Crippen molar-refractivity contribution < 1.29 is 19.1 Å². The Balaban J connectivity index is 2.19. The third-order valence-corrected chi connectivity index (χ3v) is 3.55. The lowest BCUT2D eigenvalue weighted by atomic mass is 10.1. The van der Waals surface area contributed by atoms with Crippen LogP contribution in [-0.2, 0) is 9.47 Å². The predicted molar refractivity (Wildman–Crippen MR) is 75.9 cm³/mol. The fraction of sp³-hybridized carbons (Fsp3) is 0.200. The van der Waals surface area contributed by atoms with Crippen molar-refractivity contribution in [3.63, 3.8) is 0 Å². The summed E-state index contributed by atoms with van der Waals surface area (Å²) in [5.74, 6) is -1.09. The summed E-state index contributed by atoms with van der Waals surface area (Å²) >= 11 is 1.54. The number of thiophene rings is 1. The summed E-state index contributed by atoms with van der Waals surface area (Å²) in [6.45, 7) is 1.79. The molecule has 1 unspecified atom stereocenters. The molecule has 0 radical (unpaired) electrons. The highest BCUT2D eigenvalue weighted by atomic mass is 32.1. The van der Waals surface area contributed by atoms with Crippen LogP contribution in [0.2, 0.25) is 0 Å². The fourth-order valence-electron chi connectivity index (χ4n) is 1.75. The van der Waals surface area contributed by atoms with Gasteiger partial charge in [0.1, 0.15) is 6.10 Å². The van der Waals surface area contributed by atoms with Crippen LogP contribution in [0.1, 0.15) is 39.3 Å². The third kappa shape index (κ3) is 3.05. The zero-order chi connectivity index (χ0) is 14.5. The van der Waals surface area contributed by atoms with Crippen molar-refractivity contribution in [3.8, 4) is 0 Å². The van der Waals surface area contributed by atoms with E-state index in [1.807, 2.05) is 16.8 Å². The van der Waals surface area contributed by atoms with Gasteiger partial charge in [0, 0.05) is 5.56 Å². The number of rotatable bonds is 4. The first-order chi connectivity index (χ1) is 9.63. The van der Waals surface area contributed by atoms with Gasteiger partial charge in [-0.3, -0.25) is 0 Å². The number of benzene rings is 1. The highest BCUT2D eigenvalue weighted by molar-refractivity contribution is 7.07. The van der Waals surface area contributed by atoms with E-state index >= 15 is 0 Å². The van der Waals surface area contributed by atoms with Crippen molar-refractivity contribution in [2.75, 3.05) is 7.11 Å². The number of carbonyl (C=O) groups excluding carboxylic acids is 2. The first-order valence-electron chi connectivity index (χ1n) is 6.04. The number of ether oxygens (including phenoxy) is 2. The molecule has 0 saturated carbocycles. The van der Waals surface area contributed by atoms with E-state index in [1.165, 1.54) is 24.5 Å². The van der Waals surface area contributed by atoms with Gasteiger partial charge in [-0.05, 0) is 35.9 Å². The molecule has 0 aliphatic rings. The van der Waals surface area contributed by atoms with Crippen LogP contribution in [0.15, 0.2) is 41.1 Å². The first-order valence-corrected chi connectivity index (χ1v) is 6.98. The predicted octanol–water partition coefficient (Wildman–Crippen LogP) is 3.45. The molecule has 0 saturated heterocycles. The number of hydrogen-bond donors (Lipinski definition) is 0. The Hall–Kier alpha value is -2.14.